The fourth-order valence-corrected chi connectivity index (χ4v) is 4.10. The molecule has 30 heavy (non-hydrogen) atoms. The average molecular weight is 403 g/mol. The Morgan fingerprint density at radius 2 is 1.73 bits per heavy atom. The molecular formula is C29H38O. The van der Waals surface area contributed by atoms with Crippen molar-refractivity contribution >= 4 is 5.78 Å². The summed E-state index contributed by atoms with van der Waals surface area (Å²) < 4.78 is 0. The third kappa shape index (κ3) is 6.55. The van der Waals surface area contributed by atoms with Crippen molar-refractivity contribution in [3.63, 3.8) is 0 Å². The third-order valence-corrected chi connectivity index (χ3v) is 6.36. The number of benzene rings is 2. The molecule has 0 amide bonds. The van der Waals surface area contributed by atoms with Crippen molar-refractivity contribution in [2.24, 2.45) is 5.92 Å². The van der Waals surface area contributed by atoms with Gasteiger partial charge in [0.25, 0.3) is 0 Å². The van der Waals surface area contributed by atoms with Crippen molar-refractivity contribution < 1.29 is 4.79 Å². The summed E-state index contributed by atoms with van der Waals surface area (Å²) in [4.78, 5) is 12.5. The van der Waals surface area contributed by atoms with Crippen LogP contribution in [0.25, 0.3) is 0 Å². The lowest BCUT2D eigenvalue weighted by Crippen LogP contribution is -2.09. The van der Waals surface area contributed by atoms with Gasteiger partial charge in [-0.1, -0.05) is 67.1 Å². The molecule has 0 radical (unpaired) electrons. The molecule has 1 nitrogen and oxygen atoms in total. The molecule has 1 heteroatoms. The summed E-state index contributed by atoms with van der Waals surface area (Å²) >= 11 is 0. The quantitative estimate of drug-likeness (QED) is 0.293. The zero-order valence-corrected chi connectivity index (χ0v) is 19.8. The van der Waals surface area contributed by atoms with Crippen molar-refractivity contribution in [3.05, 3.63) is 93.6 Å². The molecule has 2 rings (SSSR count). The van der Waals surface area contributed by atoms with Crippen molar-refractivity contribution in [3.8, 4) is 0 Å². The van der Waals surface area contributed by atoms with Gasteiger partial charge in [0.1, 0.15) is 0 Å². The molecule has 2 aromatic carbocycles. The van der Waals surface area contributed by atoms with Gasteiger partial charge >= 0.3 is 0 Å². The third-order valence-electron chi connectivity index (χ3n) is 6.36. The highest BCUT2D eigenvalue weighted by Gasteiger charge is 2.16. The van der Waals surface area contributed by atoms with Gasteiger partial charge in [-0.15, -0.1) is 0 Å². The van der Waals surface area contributed by atoms with E-state index >= 15 is 0 Å². The van der Waals surface area contributed by atoms with Crippen LogP contribution in [0.15, 0.2) is 60.2 Å². The Labute approximate surface area is 183 Å². The van der Waals surface area contributed by atoms with Gasteiger partial charge in [0.15, 0.2) is 5.78 Å². The number of allylic oxidation sites excluding steroid dienone is 3. The van der Waals surface area contributed by atoms with Gasteiger partial charge in [0, 0.05) is 5.56 Å². The minimum atomic E-state index is 0.174. The molecule has 0 bridgehead atoms. The van der Waals surface area contributed by atoms with E-state index in [1.54, 1.807) is 6.92 Å². The fraction of sp³-hybridized carbons (Fsp3) is 0.414. The maximum absolute atomic E-state index is 12.5. The second kappa shape index (κ2) is 11.1. The van der Waals surface area contributed by atoms with Gasteiger partial charge in [0.05, 0.1) is 0 Å². The van der Waals surface area contributed by atoms with Crippen LogP contribution in [0.3, 0.4) is 0 Å². The maximum atomic E-state index is 12.5. The van der Waals surface area contributed by atoms with E-state index in [2.05, 4.69) is 77.6 Å². The highest BCUT2D eigenvalue weighted by molar-refractivity contribution is 5.97. The number of rotatable bonds is 10. The van der Waals surface area contributed by atoms with E-state index in [0.717, 1.165) is 43.2 Å². The lowest BCUT2D eigenvalue weighted by Gasteiger charge is -2.17. The van der Waals surface area contributed by atoms with E-state index in [4.69, 9.17) is 0 Å². The predicted molar refractivity (Wildman–Crippen MR) is 130 cm³/mol. The van der Waals surface area contributed by atoms with Gasteiger partial charge in [-0.25, -0.2) is 0 Å². The van der Waals surface area contributed by atoms with Crippen LogP contribution in [-0.2, 0) is 19.3 Å². The second-order valence-electron chi connectivity index (χ2n) is 8.91. The molecule has 2 aromatic rings. The fourth-order valence-electron chi connectivity index (χ4n) is 4.10. The van der Waals surface area contributed by atoms with Crippen LogP contribution in [-0.4, -0.2) is 5.78 Å². The Balaban J connectivity index is 2.20. The van der Waals surface area contributed by atoms with Crippen LogP contribution >= 0.6 is 0 Å². The van der Waals surface area contributed by atoms with Crippen LogP contribution in [0.2, 0.25) is 0 Å². The van der Waals surface area contributed by atoms with Crippen LogP contribution < -0.4 is 0 Å². The Morgan fingerprint density at radius 1 is 1.07 bits per heavy atom. The summed E-state index contributed by atoms with van der Waals surface area (Å²) in [6.45, 7) is 16.7. The number of carbonyl (C=O) groups excluding carboxylic acids is 1. The summed E-state index contributed by atoms with van der Waals surface area (Å²) in [5.74, 6) is 0.734. The Hall–Kier alpha value is -2.41. The topological polar surface area (TPSA) is 17.1 Å². The van der Waals surface area contributed by atoms with Crippen LogP contribution in [0, 0.1) is 19.8 Å². The number of ketones is 1. The summed E-state index contributed by atoms with van der Waals surface area (Å²) in [5.41, 5.74) is 9.84. The van der Waals surface area contributed by atoms with E-state index in [1.165, 1.54) is 33.4 Å². The minimum absolute atomic E-state index is 0.174. The van der Waals surface area contributed by atoms with E-state index in [-0.39, 0.29) is 5.78 Å². The van der Waals surface area contributed by atoms with Gasteiger partial charge < -0.3 is 0 Å². The molecule has 0 N–H and O–H groups in total. The zero-order chi connectivity index (χ0) is 22.3. The Kier molecular flexibility index (Phi) is 8.84. The molecule has 0 aromatic heterocycles. The lowest BCUT2D eigenvalue weighted by molar-refractivity contribution is 0.101. The highest BCUT2D eigenvalue weighted by Crippen LogP contribution is 2.26. The molecule has 0 saturated carbocycles. The first-order valence-electron chi connectivity index (χ1n) is 11.2. The molecule has 1 atom stereocenters. The van der Waals surface area contributed by atoms with E-state index in [0.29, 0.717) is 5.92 Å². The lowest BCUT2D eigenvalue weighted by atomic mass is 9.87. The van der Waals surface area contributed by atoms with Crippen molar-refractivity contribution in [2.45, 2.75) is 73.6 Å². The van der Waals surface area contributed by atoms with Gasteiger partial charge in [0.2, 0.25) is 0 Å². The Morgan fingerprint density at radius 3 is 2.33 bits per heavy atom. The van der Waals surface area contributed by atoms with Crippen LogP contribution in [0.1, 0.15) is 78.7 Å². The van der Waals surface area contributed by atoms with Gasteiger partial charge in [-0.3, -0.25) is 4.79 Å². The summed E-state index contributed by atoms with van der Waals surface area (Å²) in [6.07, 6.45) is 7.33. The first-order chi connectivity index (χ1) is 14.2. The minimum Gasteiger partial charge on any atom is -0.294 e. The van der Waals surface area contributed by atoms with Gasteiger partial charge in [-0.2, -0.15) is 0 Å². The SMILES string of the molecule is C=C(C)[C@@H](C)CC/C(C)=C/Cc1c(C)cc(CCc2ccccc2)c(C(C)=O)c1C. The molecule has 0 unspecified atom stereocenters. The molecule has 160 valence electrons. The second-order valence-corrected chi connectivity index (χ2v) is 8.91. The number of Topliss-reactive ketones (excluding diaryl/α,β-unsaturated/α-hetero) is 1. The predicted octanol–water partition coefficient (Wildman–Crippen LogP) is 7.77. The van der Waals surface area contributed by atoms with Crippen molar-refractivity contribution in [1.82, 2.24) is 0 Å². The van der Waals surface area contributed by atoms with Crippen molar-refractivity contribution in [2.75, 3.05) is 0 Å². The standard InChI is InChI=1S/C29H38O/c1-20(2)22(4)15-13-21(3)14-18-28-23(5)19-27(29(24(28)6)25(7)30)17-16-26-11-9-8-10-12-26/h8-12,14,19,22H,1,13,15-18H2,2-7H3/b21-14+/t22-/m0/s1. The molecular weight excluding hydrogens is 364 g/mol. The monoisotopic (exact) mass is 402 g/mol. The largest absolute Gasteiger partial charge is 0.294 e. The van der Waals surface area contributed by atoms with Gasteiger partial charge in [-0.05, 0) is 100 Å². The first kappa shape index (κ1) is 23.9. The number of carbonyl (C=O) groups is 1. The zero-order valence-electron chi connectivity index (χ0n) is 19.8. The average Bonchev–Trinajstić information content (AvgIpc) is 2.70. The molecule has 0 aliphatic heterocycles. The maximum Gasteiger partial charge on any atom is 0.160 e. The number of hydrogen-bond acceptors (Lipinski definition) is 1. The number of aryl methyl sites for hydroxylation is 3. The van der Waals surface area contributed by atoms with Crippen LogP contribution in [0.4, 0.5) is 0 Å². The smallest absolute Gasteiger partial charge is 0.160 e. The Bertz CT molecular complexity index is 915. The first-order valence-corrected chi connectivity index (χ1v) is 11.2. The normalized spacial score (nSPS) is 12.7. The highest BCUT2D eigenvalue weighted by atomic mass is 16.1. The molecule has 0 fully saturated rings. The van der Waals surface area contributed by atoms with E-state index in [9.17, 15) is 4.79 Å². The number of hydrogen-bond donors (Lipinski definition) is 0. The van der Waals surface area contributed by atoms with Crippen molar-refractivity contribution in [1.29, 1.82) is 0 Å². The van der Waals surface area contributed by atoms with E-state index in [1.807, 2.05) is 6.07 Å². The molecule has 0 aliphatic rings. The molecule has 0 aliphatic carbocycles. The molecule has 0 spiro atoms. The van der Waals surface area contributed by atoms with Crippen LogP contribution in [0.5, 0.6) is 0 Å². The summed E-state index contributed by atoms with van der Waals surface area (Å²) in [7, 11) is 0. The molecule has 0 saturated heterocycles. The summed E-state index contributed by atoms with van der Waals surface area (Å²) in [6, 6.07) is 12.8. The molecule has 0 heterocycles. The summed E-state index contributed by atoms with van der Waals surface area (Å²) in [5, 5.41) is 0. The van der Waals surface area contributed by atoms with E-state index < -0.39 is 0 Å².